The molecule has 0 unspecified atom stereocenters. The van der Waals surface area contributed by atoms with Gasteiger partial charge in [0.05, 0.1) is 11.1 Å². The van der Waals surface area contributed by atoms with Crippen molar-refractivity contribution in [3.63, 3.8) is 0 Å². The van der Waals surface area contributed by atoms with Crippen LogP contribution in [0.2, 0.25) is 0 Å². The molecule has 2 aromatic carbocycles. The number of unbranched alkanes of at least 4 members (excludes halogenated alkanes) is 1. The van der Waals surface area contributed by atoms with Gasteiger partial charge >= 0.3 is 0 Å². The third kappa shape index (κ3) is 3.08. The molecule has 0 radical (unpaired) electrons. The van der Waals surface area contributed by atoms with E-state index in [1.54, 1.807) is 12.1 Å². The molecule has 3 heteroatoms. The molecule has 0 N–H and O–H groups in total. The maximum Gasteiger partial charge on any atom is 0.101 e. The zero-order chi connectivity index (χ0) is 13.7. The van der Waals surface area contributed by atoms with Gasteiger partial charge in [0.2, 0.25) is 0 Å². The molecule has 94 valence electrons. The molecule has 2 nitrogen and oxygen atoms in total. The Balaban J connectivity index is 2.38. The molecule has 2 aromatic rings. The number of hydrogen-bond acceptors (Lipinski definition) is 3. The second-order valence-electron chi connectivity index (χ2n) is 4.33. The SMILES string of the molecule is CCCCSc1ccc2cc(C#N)c(C#N)cc2c1. The highest BCUT2D eigenvalue weighted by molar-refractivity contribution is 7.99. The van der Waals surface area contributed by atoms with Crippen LogP contribution in [0.3, 0.4) is 0 Å². The molecule has 0 spiro atoms. The second-order valence-corrected chi connectivity index (χ2v) is 5.50. The van der Waals surface area contributed by atoms with Crippen LogP contribution >= 0.6 is 11.8 Å². The Morgan fingerprint density at radius 1 is 1.00 bits per heavy atom. The third-order valence-electron chi connectivity index (χ3n) is 2.96. The van der Waals surface area contributed by atoms with Gasteiger partial charge in [0.1, 0.15) is 12.1 Å². The molecule has 0 amide bonds. The fourth-order valence-electron chi connectivity index (χ4n) is 1.88. The topological polar surface area (TPSA) is 47.6 Å². The first-order chi connectivity index (χ1) is 9.28. The Kier molecular flexibility index (Phi) is 4.44. The van der Waals surface area contributed by atoms with E-state index in [9.17, 15) is 0 Å². The van der Waals surface area contributed by atoms with E-state index >= 15 is 0 Å². The van der Waals surface area contributed by atoms with Crippen LogP contribution in [0.25, 0.3) is 10.8 Å². The fraction of sp³-hybridized carbons (Fsp3) is 0.250. The Bertz CT molecular complexity index is 677. The van der Waals surface area contributed by atoms with Gasteiger partial charge in [-0.1, -0.05) is 19.4 Å². The Hall–Kier alpha value is -1.97. The number of nitriles is 2. The van der Waals surface area contributed by atoms with Gasteiger partial charge in [-0.2, -0.15) is 10.5 Å². The summed E-state index contributed by atoms with van der Waals surface area (Å²) < 4.78 is 0. The van der Waals surface area contributed by atoms with Gasteiger partial charge in [-0.3, -0.25) is 0 Å². The molecule has 0 aromatic heterocycles. The molecule has 0 saturated carbocycles. The molecule has 0 aliphatic rings. The van der Waals surface area contributed by atoms with Gasteiger partial charge in [0.25, 0.3) is 0 Å². The predicted octanol–water partition coefficient (Wildman–Crippen LogP) is 4.48. The van der Waals surface area contributed by atoms with Gasteiger partial charge in [-0.25, -0.2) is 0 Å². The van der Waals surface area contributed by atoms with Crippen LogP contribution in [0.15, 0.2) is 35.2 Å². The van der Waals surface area contributed by atoms with Gasteiger partial charge < -0.3 is 0 Å². The molecule has 0 saturated heterocycles. The van der Waals surface area contributed by atoms with Crippen molar-refractivity contribution in [1.29, 1.82) is 10.5 Å². The van der Waals surface area contributed by atoms with E-state index in [0.717, 1.165) is 16.5 Å². The summed E-state index contributed by atoms with van der Waals surface area (Å²) in [6.45, 7) is 2.18. The van der Waals surface area contributed by atoms with Crippen LogP contribution in [0.4, 0.5) is 0 Å². The van der Waals surface area contributed by atoms with Gasteiger partial charge in [0.15, 0.2) is 0 Å². The smallest absolute Gasteiger partial charge is 0.101 e. The summed E-state index contributed by atoms with van der Waals surface area (Å²) in [5, 5.41) is 20.1. The van der Waals surface area contributed by atoms with Crippen LogP contribution in [0, 0.1) is 22.7 Å². The zero-order valence-corrected chi connectivity index (χ0v) is 11.6. The minimum Gasteiger partial charge on any atom is -0.192 e. The van der Waals surface area contributed by atoms with Crippen molar-refractivity contribution < 1.29 is 0 Å². The van der Waals surface area contributed by atoms with Gasteiger partial charge in [0, 0.05) is 4.90 Å². The lowest BCUT2D eigenvalue weighted by Gasteiger charge is -2.05. The summed E-state index contributed by atoms with van der Waals surface area (Å²) in [6.07, 6.45) is 2.41. The number of thioether (sulfide) groups is 1. The van der Waals surface area contributed by atoms with E-state index in [1.807, 2.05) is 17.8 Å². The van der Waals surface area contributed by atoms with Gasteiger partial charge in [-0.15, -0.1) is 11.8 Å². The van der Waals surface area contributed by atoms with Crippen molar-refractivity contribution in [3.8, 4) is 12.1 Å². The maximum atomic E-state index is 9.05. The van der Waals surface area contributed by atoms with Crippen molar-refractivity contribution in [2.45, 2.75) is 24.7 Å². The fourth-order valence-corrected chi connectivity index (χ4v) is 2.93. The summed E-state index contributed by atoms with van der Waals surface area (Å²) in [4.78, 5) is 1.22. The van der Waals surface area contributed by atoms with Crippen LogP contribution in [0.5, 0.6) is 0 Å². The molecule has 2 rings (SSSR count). The van der Waals surface area contributed by atoms with Crippen LogP contribution in [-0.2, 0) is 0 Å². The first-order valence-electron chi connectivity index (χ1n) is 6.29. The van der Waals surface area contributed by atoms with E-state index in [4.69, 9.17) is 10.5 Å². The Labute approximate surface area is 117 Å². The lowest BCUT2D eigenvalue weighted by atomic mass is 10.0. The van der Waals surface area contributed by atoms with Gasteiger partial charge in [-0.05, 0) is 47.2 Å². The molecule has 0 atom stereocenters. The largest absolute Gasteiger partial charge is 0.192 e. The summed E-state index contributed by atoms with van der Waals surface area (Å²) in [7, 11) is 0. The van der Waals surface area contributed by atoms with Crippen LogP contribution < -0.4 is 0 Å². The summed E-state index contributed by atoms with van der Waals surface area (Å²) >= 11 is 1.84. The lowest BCUT2D eigenvalue weighted by molar-refractivity contribution is 0.896. The first kappa shape index (κ1) is 13.5. The van der Waals surface area contributed by atoms with Crippen LogP contribution in [-0.4, -0.2) is 5.75 Å². The number of rotatable bonds is 4. The van der Waals surface area contributed by atoms with E-state index in [-0.39, 0.29) is 0 Å². The van der Waals surface area contributed by atoms with Crippen molar-refractivity contribution >= 4 is 22.5 Å². The number of fused-ring (bicyclic) bond motifs is 1. The van der Waals surface area contributed by atoms with E-state index in [0.29, 0.717) is 11.1 Å². The van der Waals surface area contributed by atoms with Crippen molar-refractivity contribution in [2.75, 3.05) is 5.75 Å². The predicted molar refractivity (Wildman–Crippen MR) is 79.0 cm³/mol. The molecular formula is C16H14N2S. The summed E-state index contributed by atoms with van der Waals surface area (Å²) in [5.41, 5.74) is 0.895. The standard InChI is InChI=1S/C16H14N2S/c1-2-3-6-19-16-5-4-12-7-14(10-17)15(11-18)8-13(12)9-16/h4-5,7-9H,2-3,6H2,1H3. The highest BCUT2D eigenvalue weighted by Gasteiger charge is 2.05. The average molecular weight is 266 g/mol. The minimum atomic E-state index is 0.446. The Morgan fingerprint density at radius 3 is 2.32 bits per heavy atom. The molecule has 19 heavy (non-hydrogen) atoms. The number of benzene rings is 2. The summed E-state index contributed by atoms with van der Waals surface area (Å²) in [5.74, 6) is 1.11. The Morgan fingerprint density at radius 2 is 1.68 bits per heavy atom. The zero-order valence-electron chi connectivity index (χ0n) is 10.8. The lowest BCUT2D eigenvalue weighted by Crippen LogP contribution is -1.85. The quantitative estimate of drug-likeness (QED) is 0.605. The monoisotopic (exact) mass is 266 g/mol. The normalized spacial score (nSPS) is 10.1. The maximum absolute atomic E-state index is 9.05. The number of nitrogens with zero attached hydrogens (tertiary/aromatic N) is 2. The molecule has 0 heterocycles. The molecular weight excluding hydrogens is 252 g/mol. The molecule has 0 bridgehead atoms. The van der Waals surface area contributed by atoms with Crippen molar-refractivity contribution in [2.24, 2.45) is 0 Å². The number of hydrogen-bond donors (Lipinski definition) is 0. The van der Waals surface area contributed by atoms with E-state index < -0.39 is 0 Å². The molecule has 0 aliphatic heterocycles. The van der Waals surface area contributed by atoms with E-state index in [2.05, 4.69) is 31.2 Å². The molecule has 0 aliphatic carbocycles. The van der Waals surface area contributed by atoms with E-state index in [1.165, 1.54) is 17.7 Å². The third-order valence-corrected chi connectivity index (χ3v) is 4.04. The first-order valence-corrected chi connectivity index (χ1v) is 7.28. The molecule has 0 fully saturated rings. The minimum absolute atomic E-state index is 0.446. The van der Waals surface area contributed by atoms with Crippen molar-refractivity contribution in [1.82, 2.24) is 0 Å². The van der Waals surface area contributed by atoms with Crippen LogP contribution in [0.1, 0.15) is 30.9 Å². The average Bonchev–Trinajstić information content (AvgIpc) is 2.46. The van der Waals surface area contributed by atoms with Crippen molar-refractivity contribution in [3.05, 3.63) is 41.5 Å². The summed E-state index contributed by atoms with van der Waals surface area (Å²) in [6, 6.07) is 13.9. The highest BCUT2D eigenvalue weighted by atomic mass is 32.2. The highest BCUT2D eigenvalue weighted by Crippen LogP contribution is 2.26. The second kappa shape index (κ2) is 6.27.